The maximum Gasteiger partial charge on any atom is 0.315 e. The Morgan fingerprint density at radius 2 is 2.12 bits per heavy atom. The summed E-state index contributed by atoms with van der Waals surface area (Å²) in [5.41, 5.74) is -0.252. The monoisotopic (exact) mass is 242 g/mol. The maximum atomic E-state index is 5.56. The molecule has 98 valence electrons. The molecule has 1 aromatic heterocycles. The van der Waals surface area contributed by atoms with E-state index in [9.17, 15) is 0 Å². The fraction of sp³-hybridized carbons (Fsp3) is 0.818. The maximum absolute atomic E-state index is 5.56. The van der Waals surface area contributed by atoms with E-state index < -0.39 is 0 Å². The van der Waals surface area contributed by atoms with Gasteiger partial charge in [0.25, 0.3) is 0 Å². The Kier molecular flexibility index (Phi) is 4.89. The smallest absolute Gasteiger partial charge is 0.315 e. The minimum absolute atomic E-state index is 0.0537. The summed E-state index contributed by atoms with van der Waals surface area (Å²) in [6.07, 6.45) is 0. The molecule has 17 heavy (non-hydrogen) atoms. The van der Waals surface area contributed by atoms with Crippen LogP contribution in [0, 0.1) is 0 Å². The number of ether oxygens (including phenoxy) is 1. The highest BCUT2D eigenvalue weighted by atomic mass is 16.5. The molecule has 0 fully saturated rings. The molecule has 1 aromatic rings. The fourth-order valence-corrected chi connectivity index (χ4v) is 1.33. The summed E-state index contributed by atoms with van der Waals surface area (Å²) in [5.74, 6) is 0.573. The quantitative estimate of drug-likeness (QED) is 0.756. The zero-order valence-electron chi connectivity index (χ0n) is 11.2. The normalized spacial score (nSPS) is 13.7. The van der Waals surface area contributed by atoms with Gasteiger partial charge in [-0.25, -0.2) is 0 Å². The van der Waals surface area contributed by atoms with Crippen molar-refractivity contribution in [3.8, 4) is 0 Å². The highest BCUT2D eigenvalue weighted by Crippen LogP contribution is 2.15. The van der Waals surface area contributed by atoms with E-state index >= 15 is 0 Å². The average molecular weight is 242 g/mol. The van der Waals surface area contributed by atoms with Gasteiger partial charge in [-0.05, 0) is 34.7 Å². The van der Waals surface area contributed by atoms with Gasteiger partial charge in [-0.15, -0.1) is 5.10 Å². The first kappa shape index (κ1) is 13.9. The van der Waals surface area contributed by atoms with Crippen LogP contribution in [0.2, 0.25) is 0 Å². The molecule has 0 aliphatic carbocycles. The van der Waals surface area contributed by atoms with Crippen molar-refractivity contribution in [1.82, 2.24) is 15.5 Å². The molecule has 1 unspecified atom stereocenters. The van der Waals surface area contributed by atoms with Gasteiger partial charge in [0.15, 0.2) is 0 Å². The number of hydrogen-bond donors (Lipinski definition) is 2. The molecule has 1 atom stereocenters. The van der Waals surface area contributed by atoms with E-state index in [4.69, 9.17) is 9.15 Å². The van der Waals surface area contributed by atoms with Crippen molar-refractivity contribution in [2.24, 2.45) is 0 Å². The Balaban J connectivity index is 2.50. The molecule has 0 saturated carbocycles. The van der Waals surface area contributed by atoms with Crippen molar-refractivity contribution in [2.75, 3.05) is 25.5 Å². The van der Waals surface area contributed by atoms with E-state index in [2.05, 4.69) is 20.8 Å². The lowest BCUT2D eigenvalue weighted by molar-refractivity contribution is 0.000336. The van der Waals surface area contributed by atoms with E-state index in [0.29, 0.717) is 25.1 Å². The number of nitrogens with one attached hydrogen (secondary N) is 2. The second-order valence-corrected chi connectivity index (χ2v) is 4.50. The summed E-state index contributed by atoms with van der Waals surface area (Å²) in [6, 6.07) is 0.479. The van der Waals surface area contributed by atoms with Crippen LogP contribution in [0.25, 0.3) is 0 Å². The molecule has 6 nitrogen and oxygen atoms in total. The van der Waals surface area contributed by atoms with Crippen molar-refractivity contribution in [3.05, 3.63) is 5.89 Å². The summed E-state index contributed by atoms with van der Waals surface area (Å²) < 4.78 is 11.0. The summed E-state index contributed by atoms with van der Waals surface area (Å²) in [5, 5.41) is 14.0. The molecule has 6 heteroatoms. The lowest BCUT2D eigenvalue weighted by Crippen LogP contribution is -2.33. The minimum atomic E-state index is -0.252. The van der Waals surface area contributed by atoms with Gasteiger partial charge in [0.05, 0.1) is 11.6 Å². The Morgan fingerprint density at radius 1 is 1.41 bits per heavy atom. The first-order valence-electron chi connectivity index (χ1n) is 5.87. The van der Waals surface area contributed by atoms with Crippen molar-refractivity contribution in [2.45, 2.75) is 39.3 Å². The van der Waals surface area contributed by atoms with E-state index in [1.54, 1.807) is 0 Å². The number of nitrogens with zero attached hydrogens (tertiary/aromatic N) is 2. The highest BCUT2D eigenvalue weighted by Gasteiger charge is 2.19. The third-order valence-corrected chi connectivity index (χ3v) is 2.44. The lowest BCUT2D eigenvalue weighted by atomic mass is 10.1. The molecule has 1 heterocycles. The van der Waals surface area contributed by atoms with E-state index in [1.165, 1.54) is 0 Å². The molecule has 0 bridgehead atoms. The highest BCUT2D eigenvalue weighted by molar-refractivity contribution is 5.18. The fourth-order valence-electron chi connectivity index (χ4n) is 1.33. The lowest BCUT2D eigenvalue weighted by Gasteiger charge is -2.24. The van der Waals surface area contributed by atoms with Gasteiger partial charge >= 0.3 is 6.01 Å². The van der Waals surface area contributed by atoms with Crippen LogP contribution in [-0.2, 0) is 4.74 Å². The van der Waals surface area contributed by atoms with Crippen LogP contribution in [0.1, 0.15) is 39.6 Å². The van der Waals surface area contributed by atoms with E-state index in [-0.39, 0.29) is 11.6 Å². The molecule has 0 aliphatic heterocycles. The number of anilines is 1. The zero-order valence-corrected chi connectivity index (χ0v) is 11.2. The molecular formula is C11H22N4O2. The molecule has 0 radical (unpaired) electrons. The van der Waals surface area contributed by atoms with Gasteiger partial charge in [-0.3, -0.25) is 0 Å². The largest absolute Gasteiger partial charge is 0.406 e. The SMILES string of the molecule is CCOC(C)(C)CNc1nnc(C(C)NC)o1. The Labute approximate surface area is 102 Å². The second-order valence-electron chi connectivity index (χ2n) is 4.50. The zero-order chi connectivity index (χ0) is 12.9. The van der Waals surface area contributed by atoms with Gasteiger partial charge in [-0.2, -0.15) is 0 Å². The van der Waals surface area contributed by atoms with Gasteiger partial charge < -0.3 is 19.8 Å². The van der Waals surface area contributed by atoms with Crippen LogP contribution < -0.4 is 10.6 Å². The van der Waals surface area contributed by atoms with Gasteiger partial charge in [0.2, 0.25) is 5.89 Å². The third kappa shape index (κ3) is 4.32. The molecular weight excluding hydrogens is 220 g/mol. The number of rotatable bonds is 7. The van der Waals surface area contributed by atoms with Gasteiger partial charge in [0.1, 0.15) is 0 Å². The van der Waals surface area contributed by atoms with Gasteiger partial charge in [-0.1, -0.05) is 5.10 Å². The van der Waals surface area contributed by atoms with Crippen LogP contribution in [0.3, 0.4) is 0 Å². The standard InChI is InChI=1S/C11H22N4O2/c1-6-16-11(3,4)7-13-10-15-14-9(17-10)8(2)12-5/h8,12H,6-7H2,1-5H3,(H,13,15). The summed E-state index contributed by atoms with van der Waals surface area (Å²) >= 11 is 0. The minimum Gasteiger partial charge on any atom is -0.406 e. The van der Waals surface area contributed by atoms with E-state index in [0.717, 1.165) is 0 Å². The first-order valence-corrected chi connectivity index (χ1v) is 5.87. The predicted molar refractivity (Wildman–Crippen MR) is 66.0 cm³/mol. The molecule has 1 rings (SSSR count). The van der Waals surface area contributed by atoms with Crippen LogP contribution in [0.4, 0.5) is 6.01 Å². The Bertz CT molecular complexity index is 338. The van der Waals surface area contributed by atoms with Crippen molar-refractivity contribution < 1.29 is 9.15 Å². The Morgan fingerprint density at radius 3 is 2.71 bits per heavy atom. The van der Waals surface area contributed by atoms with Crippen LogP contribution in [0.5, 0.6) is 0 Å². The molecule has 0 amide bonds. The second kappa shape index (κ2) is 5.97. The molecule has 2 N–H and O–H groups in total. The van der Waals surface area contributed by atoms with E-state index in [1.807, 2.05) is 34.7 Å². The van der Waals surface area contributed by atoms with Crippen LogP contribution >= 0.6 is 0 Å². The number of aromatic nitrogens is 2. The summed E-state index contributed by atoms with van der Waals surface area (Å²) in [7, 11) is 1.85. The molecule has 0 aromatic carbocycles. The molecule has 0 spiro atoms. The Hall–Kier alpha value is -1.14. The summed E-state index contributed by atoms with van der Waals surface area (Å²) in [6.45, 7) is 9.26. The topological polar surface area (TPSA) is 72.2 Å². The third-order valence-electron chi connectivity index (χ3n) is 2.44. The van der Waals surface area contributed by atoms with Gasteiger partial charge in [0, 0.05) is 13.2 Å². The van der Waals surface area contributed by atoms with Crippen LogP contribution in [-0.4, -0.2) is 36.0 Å². The molecule has 0 aliphatic rings. The van der Waals surface area contributed by atoms with Crippen molar-refractivity contribution in [1.29, 1.82) is 0 Å². The van der Waals surface area contributed by atoms with Crippen molar-refractivity contribution in [3.63, 3.8) is 0 Å². The van der Waals surface area contributed by atoms with Crippen LogP contribution in [0.15, 0.2) is 4.42 Å². The predicted octanol–water partition coefficient (Wildman–Crippen LogP) is 1.58. The molecule has 0 saturated heterocycles. The summed E-state index contributed by atoms with van der Waals surface area (Å²) in [4.78, 5) is 0. The average Bonchev–Trinajstić information content (AvgIpc) is 2.74. The first-order chi connectivity index (χ1) is 7.98. The number of hydrogen-bond acceptors (Lipinski definition) is 6. The van der Waals surface area contributed by atoms with Crippen molar-refractivity contribution >= 4 is 6.01 Å².